The summed E-state index contributed by atoms with van der Waals surface area (Å²) in [7, 11) is 0. The molecule has 2 heterocycles. The third-order valence-corrected chi connectivity index (χ3v) is 1.56. The molecule has 0 aromatic carbocycles. The van der Waals surface area contributed by atoms with Gasteiger partial charge in [0.25, 0.3) is 0 Å². The summed E-state index contributed by atoms with van der Waals surface area (Å²) in [6, 6.07) is 5.26. The first-order valence-corrected chi connectivity index (χ1v) is 3.30. The summed E-state index contributed by atoms with van der Waals surface area (Å²) in [4.78, 5) is 3.90. The van der Waals surface area contributed by atoms with Crippen molar-refractivity contribution in [1.29, 1.82) is 0 Å². The molecule has 0 amide bonds. The molecule has 54 valence electrons. The lowest BCUT2D eigenvalue weighted by molar-refractivity contribution is -0.577. The van der Waals surface area contributed by atoms with Gasteiger partial charge in [0.1, 0.15) is 0 Å². The molecule has 2 aromatic rings. The zero-order chi connectivity index (χ0) is 7.68. The van der Waals surface area contributed by atoms with E-state index in [2.05, 4.69) is 4.98 Å². The van der Waals surface area contributed by atoms with Crippen LogP contribution in [0.2, 0.25) is 0 Å². The van der Waals surface area contributed by atoms with Gasteiger partial charge in [-0.25, -0.2) is 0 Å². The number of pyridine rings is 2. The molecule has 0 aliphatic carbocycles. The first-order chi connectivity index (χ1) is 5.38. The van der Waals surface area contributed by atoms with Crippen LogP contribution in [0.25, 0.3) is 10.9 Å². The van der Waals surface area contributed by atoms with Gasteiger partial charge in [0, 0.05) is 24.5 Å². The topological polar surface area (TPSA) is 39.8 Å². The fourth-order valence-corrected chi connectivity index (χ4v) is 1.03. The van der Waals surface area contributed by atoms with E-state index in [4.69, 9.17) is 0 Å². The lowest BCUT2D eigenvalue weighted by atomic mass is 10.3. The molecule has 0 saturated carbocycles. The maximum absolute atomic E-state index is 11.1. The lowest BCUT2D eigenvalue weighted by Crippen LogP contribution is -2.25. The van der Waals surface area contributed by atoms with Gasteiger partial charge in [-0.2, -0.15) is 4.73 Å². The van der Waals surface area contributed by atoms with Crippen LogP contribution in [0.1, 0.15) is 0 Å². The minimum absolute atomic E-state index is 0.655. The third kappa shape index (κ3) is 0.902. The first kappa shape index (κ1) is 6.09. The fourth-order valence-electron chi connectivity index (χ4n) is 1.03. The number of aromatic nitrogens is 2. The van der Waals surface area contributed by atoms with Crippen molar-refractivity contribution >= 4 is 10.9 Å². The van der Waals surface area contributed by atoms with Crippen molar-refractivity contribution in [2.24, 2.45) is 0 Å². The monoisotopic (exact) mass is 146 g/mol. The molecule has 0 spiro atoms. The second kappa shape index (κ2) is 2.20. The van der Waals surface area contributed by atoms with E-state index < -0.39 is 0 Å². The maximum Gasteiger partial charge on any atom is 0.226 e. The van der Waals surface area contributed by atoms with Crippen LogP contribution in [0.3, 0.4) is 0 Å². The summed E-state index contributed by atoms with van der Waals surface area (Å²) in [5.41, 5.74) is 0.655. The Balaban J connectivity index is 2.91. The van der Waals surface area contributed by atoms with Gasteiger partial charge in [-0.3, -0.25) is 4.98 Å². The van der Waals surface area contributed by atoms with E-state index in [0.717, 1.165) is 10.1 Å². The zero-order valence-electron chi connectivity index (χ0n) is 5.77. The fraction of sp³-hybridized carbons (Fsp3) is 0. The Morgan fingerprint density at radius 1 is 1.36 bits per heavy atom. The molecule has 2 rings (SSSR count). The summed E-state index contributed by atoms with van der Waals surface area (Å²) < 4.78 is 0.830. The van der Waals surface area contributed by atoms with E-state index in [1.807, 2.05) is 6.07 Å². The van der Waals surface area contributed by atoms with E-state index in [-0.39, 0.29) is 0 Å². The van der Waals surface area contributed by atoms with Crippen molar-refractivity contribution in [3.8, 4) is 0 Å². The van der Waals surface area contributed by atoms with Crippen LogP contribution in [-0.4, -0.2) is 4.98 Å². The Labute approximate surface area is 63.5 Å². The zero-order valence-corrected chi connectivity index (χ0v) is 5.77. The standard InChI is InChI=1S/C8H6N2O/c11-10-5-1-2-7-6-9-4-3-8(7)10/h1-6H. The Bertz CT molecular complexity index is 381. The molecule has 0 radical (unpaired) electrons. The van der Waals surface area contributed by atoms with Gasteiger partial charge in [-0.15, -0.1) is 0 Å². The number of rotatable bonds is 0. The molecule has 0 N–H and O–H groups in total. The molecule has 11 heavy (non-hydrogen) atoms. The van der Waals surface area contributed by atoms with Crippen molar-refractivity contribution in [3.05, 3.63) is 42.0 Å². The summed E-state index contributed by atoms with van der Waals surface area (Å²) >= 11 is 0. The number of nitrogens with zero attached hydrogens (tertiary/aromatic N) is 2. The van der Waals surface area contributed by atoms with Crippen LogP contribution in [0.15, 0.2) is 36.8 Å². The second-order valence-electron chi connectivity index (χ2n) is 2.27. The molecule has 0 aliphatic rings. The molecular weight excluding hydrogens is 140 g/mol. The summed E-state index contributed by atoms with van der Waals surface area (Å²) in [6.07, 6.45) is 4.75. The highest BCUT2D eigenvalue weighted by Gasteiger charge is 1.98. The van der Waals surface area contributed by atoms with Gasteiger partial charge in [0.05, 0.1) is 5.39 Å². The minimum Gasteiger partial charge on any atom is -0.618 e. The first-order valence-electron chi connectivity index (χ1n) is 3.30. The number of fused-ring (bicyclic) bond motifs is 1. The van der Waals surface area contributed by atoms with Crippen LogP contribution in [0.4, 0.5) is 0 Å². The van der Waals surface area contributed by atoms with E-state index in [1.54, 1.807) is 24.5 Å². The van der Waals surface area contributed by atoms with Crippen LogP contribution >= 0.6 is 0 Å². The Hall–Kier alpha value is -1.64. The summed E-state index contributed by atoms with van der Waals surface area (Å²) in [5.74, 6) is 0. The number of hydrogen-bond donors (Lipinski definition) is 0. The van der Waals surface area contributed by atoms with Crippen LogP contribution in [0.5, 0.6) is 0 Å². The van der Waals surface area contributed by atoms with Gasteiger partial charge in [-0.1, -0.05) is 0 Å². The quantitative estimate of drug-likeness (QED) is 0.408. The van der Waals surface area contributed by atoms with E-state index in [0.29, 0.717) is 5.52 Å². The van der Waals surface area contributed by atoms with Gasteiger partial charge in [-0.05, 0) is 6.07 Å². The normalized spacial score (nSPS) is 10.2. The van der Waals surface area contributed by atoms with Crippen molar-refractivity contribution < 1.29 is 4.73 Å². The molecule has 0 unspecified atom stereocenters. The highest BCUT2D eigenvalue weighted by Crippen LogP contribution is 2.04. The highest BCUT2D eigenvalue weighted by atomic mass is 16.5. The van der Waals surface area contributed by atoms with E-state index >= 15 is 0 Å². The minimum atomic E-state index is 0.655. The predicted molar refractivity (Wildman–Crippen MR) is 40.7 cm³/mol. The van der Waals surface area contributed by atoms with Crippen LogP contribution in [-0.2, 0) is 0 Å². The largest absolute Gasteiger partial charge is 0.618 e. The summed E-state index contributed by atoms with van der Waals surface area (Å²) in [5, 5.41) is 11.9. The lowest BCUT2D eigenvalue weighted by Gasteiger charge is -1.97. The maximum atomic E-state index is 11.1. The molecule has 0 aliphatic heterocycles. The van der Waals surface area contributed by atoms with Gasteiger partial charge in [0.2, 0.25) is 5.52 Å². The average molecular weight is 146 g/mol. The molecule has 3 heteroatoms. The highest BCUT2D eigenvalue weighted by molar-refractivity contribution is 5.73. The van der Waals surface area contributed by atoms with Crippen LogP contribution < -0.4 is 4.73 Å². The molecular formula is C8H6N2O. The predicted octanol–water partition coefficient (Wildman–Crippen LogP) is 0.868. The smallest absolute Gasteiger partial charge is 0.226 e. The van der Waals surface area contributed by atoms with Gasteiger partial charge in [0.15, 0.2) is 6.20 Å². The van der Waals surface area contributed by atoms with E-state index in [1.165, 1.54) is 6.20 Å². The SMILES string of the molecule is [O-][n+]1cccc2cnccc21. The van der Waals surface area contributed by atoms with Gasteiger partial charge < -0.3 is 5.21 Å². The van der Waals surface area contributed by atoms with E-state index in [9.17, 15) is 5.21 Å². The van der Waals surface area contributed by atoms with Crippen molar-refractivity contribution in [2.75, 3.05) is 0 Å². The van der Waals surface area contributed by atoms with Crippen LogP contribution in [0, 0.1) is 5.21 Å². The van der Waals surface area contributed by atoms with Crippen molar-refractivity contribution in [1.82, 2.24) is 4.98 Å². The Kier molecular flexibility index (Phi) is 1.22. The van der Waals surface area contributed by atoms with Gasteiger partial charge >= 0.3 is 0 Å². The van der Waals surface area contributed by atoms with Crippen molar-refractivity contribution in [3.63, 3.8) is 0 Å². The Morgan fingerprint density at radius 3 is 3.09 bits per heavy atom. The average Bonchev–Trinajstić information content (AvgIpc) is 2.06. The molecule has 0 fully saturated rings. The summed E-state index contributed by atoms with van der Waals surface area (Å²) in [6.45, 7) is 0. The molecule has 0 atom stereocenters. The molecule has 0 saturated heterocycles. The van der Waals surface area contributed by atoms with Crippen molar-refractivity contribution in [2.45, 2.75) is 0 Å². The third-order valence-electron chi connectivity index (χ3n) is 1.56. The molecule has 3 nitrogen and oxygen atoms in total. The molecule has 0 bridgehead atoms. The molecule has 2 aromatic heterocycles. The second-order valence-corrected chi connectivity index (χ2v) is 2.27. The Morgan fingerprint density at radius 2 is 2.27 bits per heavy atom. The number of hydrogen-bond acceptors (Lipinski definition) is 2.